The fourth-order valence-electron chi connectivity index (χ4n) is 3.75. The first-order chi connectivity index (χ1) is 10.2. The molecule has 1 aromatic carbocycles. The Balaban J connectivity index is 1.85. The van der Waals surface area contributed by atoms with E-state index in [0.29, 0.717) is 5.91 Å². The van der Waals surface area contributed by atoms with E-state index in [2.05, 4.69) is 23.2 Å². The lowest BCUT2D eigenvalue weighted by atomic mass is 9.82. The number of benzene rings is 1. The Labute approximate surface area is 131 Å². The van der Waals surface area contributed by atoms with Gasteiger partial charge in [0.1, 0.15) is 0 Å². The van der Waals surface area contributed by atoms with Gasteiger partial charge in [-0.25, -0.2) is 0 Å². The summed E-state index contributed by atoms with van der Waals surface area (Å²) in [5.41, 5.74) is 0.979. The highest BCUT2D eigenvalue weighted by Crippen LogP contribution is 2.39. The predicted molar refractivity (Wildman–Crippen MR) is 85.4 cm³/mol. The largest absolute Gasteiger partial charge is 0.335 e. The van der Waals surface area contributed by atoms with Crippen LogP contribution < -0.4 is 5.32 Å². The number of hydrogen-bond acceptors (Lipinski definition) is 2. The van der Waals surface area contributed by atoms with Crippen molar-refractivity contribution in [2.24, 2.45) is 5.41 Å². The number of nitrogens with one attached hydrogen (secondary N) is 1. The van der Waals surface area contributed by atoms with E-state index in [0.717, 1.165) is 50.3 Å². The molecule has 2 saturated heterocycles. The molecular weight excluding hydrogens is 284 g/mol. The summed E-state index contributed by atoms with van der Waals surface area (Å²) in [5.74, 6) is 0.331. The third kappa shape index (κ3) is 2.69. The maximum Gasteiger partial charge on any atom is 0.230 e. The maximum atomic E-state index is 13.1. The van der Waals surface area contributed by atoms with E-state index in [1.807, 2.05) is 18.2 Å². The first kappa shape index (κ1) is 14.9. The highest BCUT2D eigenvalue weighted by Gasteiger charge is 2.45. The summed E-state index contributed by atoms with van der Waals surface area (Å²) in [6, 6.07) is 8.16. The Kier molecular flexibility index (Phi) is 4.23. The SMILES string of the molecule is CCC1(C(=O)N2CCCC2c2cccc(Cl)c2)CCNC1. The van der Waals surface area contributed by atoms with Gasteiger partial charge < -0.3 is 10.2 Å². The lowest BCUT2D eigenvalue weighted by molar-refractivity contribution is -0.142. The van der Waals surface area contributed by atoms with Gasteiger partial charge in [0.05, 0.1) is 11.5 Å². The van der Waals surface area contributed by atoms with Crippen LogP contribution in [0.15, 0.2) is 24.3 Å². The Morgan fingerprint density at radius 2 is 2.38 bits per heavy atom. The van der Waals surface area contributed by atoms with Gasteiger partial charge in [-0.3, -0.25) is 4.79 Å². The molecular formula is C17H23ClN2O. The Bertz CT molecular complexity index is 525. The molecule has 2 atom stereocenters. The molecule has 0 radical (unpaired) electrons. The highest BCUT2D eigenvalue weighted by atomic mass is 35.5. The molecule has 114 valence electrons. The zero-order valence-corrected chi connectivity index (χ0v) is 13.3. The third-order valence-electron chi connectivity index (χ3n) is 5.12. The van der Waals surface area contributed by atoms with Crippen LogP contribution in [-0.2, 0) is 4.79 Å². The van der Waals surface area contributed by atoms with Crippen LogP contribution in [-0.4, -0.2) is 30.4 Å². The van der Waals surface area contributed by atoms with Crippen molar-refractivity contribution in [3.63, 3.8) is 0 Å². The Hall–Kier alpha value is -1.06. The number of halogens is 1. The molecule has 2 unspecified atom stereocenters. The van der Waals surface area contributed by atoms with E-state index < -0.39 is 0 Å². The predicted octanol–water partition coefficient (Wildman–Crippen LogP) is 3.39. The first-order valence-electron chi connectivity index (χ1n) is 7.93. The number of nitrogens with zero attached hydrogens (tertiary/aromatic N) is 1. The number of carbonyl (C=O) groups is 1. The standard InChI is InChI=1S/C17H23ClN2O/c1-2-17(8-9-19-12-17)16(21)20-10-4-7-15(20)13-5-3-6-14(18)11-13/h3,5-6,11,15,19H,2,4,7-10,12H2,1H3. The highest BCUT2D eigenvalue weighted by molar-refractivity contribution is 6.30. The number of carbonyl (C=O) groups excluding carboxylic acids is 1. The molecule has 0 aliphatic carbocycles. The van der Waals surface area contributed by atoms with Crippen molar-refractivity contribution < 1.29 is 4.79 Å². The van der Waals surface area contributed by atoms with Gasteiger partial charge in [0.2, 0.25) is 5.91 Å². The number of hydrogen-bond donors (Lipinski definition) is 1. The average Bonchev–Trinajstić information content (AvgIpc) is 3.16. The van der Waals surface area contributed by atoms with Gasteiger partial charge in [-0.05, 0) is 49.9 Å². The molecule has 0 bridgehead atoms. The monoisotopic (exact) mass is 306 g/mol. The fraction of sp³-hybridized carbons (Fsp3) is 0.588. The van der Waals surface area contributed by atoms with Crippen LogP contribution in [0.25, 0.3) is 0 Å². The molecule has 1 N–H and O–H groups in total. The molecule has 21 heavy (non-hydrogen) atoms. The summed E-state index contributed by atoms with van der Waals surface area (Å²) < 4.78 is 0. The molecule has 2 heterocycles. The quantitative estimate of drug-likeness (QED) is 0.928. The smallest absolute Gasteiger partial charge is 0.230 e. The van der Waals surface area contributed by atoms with Crippen LogP contribution in [0.5, 0.6) is 0 Å². The van der Waals surface area contributed by atoms with Gasteiger partial charge in [-0.1, -0.05) is 30.7 Å². The first-order valence-corrected chi connectivity index (χ1v) is 8.31. The molecule has 3 nitrogen and oxygen atoms in total. The second kappa shape index (κ2) is 5.98. The second-order valence-electron chi connectivity index (χ2n) is 6.27. The zero-order valence-electron chi connectivity index (χ0n) is 12.6. The van der Waals surface area contributed by atoms with Gasteiger partial charge in [0.15, 0.2) is 0 Å². The van der Waals surface area contributed by atoms with Crippen LogP contribution >= 0.6 is 11.6 Å². The van der Waals surface area contributed by atoms with Gasteiger partial charge in [-0.15, -0.1) is 0 Å². The molecule has 4 heteroatoms. The fourth-order valence-corrected chi connectivity index (χ4v) is 3.95. The minimum absolute atomic E-state index is 0.193. The molecule has 3 rings (SSSR count). The van der Waals surface area contributed by atoms with Crippen molar-refractivity contribution in [2.75, 3.05) is 19.6 Å². The molecule has 2 fully saturated rings. The molecule has 2 aliphatic heterocycles. The lowest BCUT2D eigenvalue weighted by Gasteiger charge is -2.34. The third-order valence-corrected chi connectivity index (χ3v) is 5.36. The van der Waals surface area contributed by atoms with Gasteiger partial charge in [0, 0.05) is 18.1 Å². The second-order valence-corrected chi connectivity index (χ2v) is 6.71. The zero-order chi connectivity index (χ0) is 14.9. The summed E-state index contributed by atoms with van der Waals surface area (Å²) in [6.45, 7) is 4.78. The van der Waals surface area contributed by atoms with E-state index in [4.69, 9.17) is 11.6 Å². The van der Waals surface area contributed by atoms with Crippen LogP contribution in [0.4, 0.5) is 0 Å². The minimum Gasteiger partial charge on any atom is -0.335 e. The van der Waals surface area contributed by atoms with Crippen molar-refractivity contribution >= 4 is 17.5 Å². The van der Waals surface area contributed by atoms with Crippen molar-refractivity contribution in [1.82, 2.24) is 10.2 Å². The molecule has 0 saturated carbocycles. The Morgan fingerprint density at radius 1 is 1.52 bits per heavy atom. The van der Waals surface area contributed by atoms with Crippen molar-refractivity contribution in [2.45, 2.75) is 38.6 Å². The summed E-state index contributed by atoms with van der Waals surface area (Å²) in [6.07, 6.45) is 3.99. The van der Waals surface area contributed by atoms with Crippen LogP contribution in [0.1, 0.15) is 44.2 Å². The molecule has 1 aromatic rings. The van der Waals surface area contributed by atoms with Crippen molar-refractivity contribution in [3.8, 4) is 0 Å². The number of amides is 1. The molecule has 0 spiro atoms. The topological polar surface area (TPSA) is 32.3 Å². The van der Waals surface area contributed by atoms with Crippen molar-refractivity contribution in [1.29, 1.82) is 0 Å². The van der Waals surface area contributed by atoms with Gasteiger partial charge >= 0.3 is 0 Å². The van der Waals surface area contributed by atoms with E-state index >= 15 is 0 Å². The number of rotatable bonds is 3. The van der Waals surface area contributed by atoms with Crippen LogP contribution in [0.3, 0.4) is 0 Å². The Morgan fingerprint density at radius 3 is 3.05 bits per heavy atom. The lowest BCUT2D eigenvalue weighted by Crippen LogP contribution is -2.44. The van der Waals surface area contributed by atoms with Gasteiger partial charge in [0.25, 0.3) is 0 Å². The summed E-state index contributed by atoms with van der Waals surface area (Å²) in [7, 11) is 0. The van der Waals surface area contributed by atoms with E-state index in [9.17, 15) is 4.79 Å². The van der Waals surface area contributed by atoms with Crippen LogP contribution in [0.2, 0.25) is 5.02 Å². The minimum atomic E-state index is -0.193. The summed E-state index contributed by atoms with van der Waals surface area (Å²) in [5, 5.41) is 4.11. The molecule has 2 aliphatic rings. The summed E-state index contributed by atoms with van der Waals surface area (Å²) >= 11 is 6.12. The normalized spacial score (nSPS) is 29.0. The van der Waals surface area contributed by atoms with E-state index in [-0.39, 0.29) is 11.5 Å². The van der Waals surface area contributed by atoms with E-state index in [1.54, 1.807) is 0 Å². The van der Waals surface area contributed by atoms with Crippen LogP contribution in [0, 0.1) is 5.41 Å². The average molecular weight is 307 g/mol. The van der Waals surface area contributed by atoms with E-state index in [1.165, 1.54) is 5.56 Å². The maximum absolute atomic E-state index is 13.1. The molecule has 1 amide bonds. The number of likely N-dealkylation sites (tertiary alicyclic amines) is 1. The molecule has 0 aromatic heterocycles. The summed E-state index contributed by atoms with van der Waals surface area (Å²) in [4.78, 5) is 15.2. The van der Waals surface area contributed by atoms with Crippen molar-refractivity contribution in [3.05, 3.63) is 34.9 Å². The van der Waals surface area contributed by atoms with Gasteiger partial charge in [-0.2, -0.15) is 0 Å².